The van der Waals surface area contributed by atoms with Crippen molar-refractivity contribution in [3.63, 3.8) is 0 Å². The molecule has 0 spiro atoms. The first-order valence-electron chi connectivity index (χ1n) is 5.86. The van der Waals surface area contributed by atoms with Crippen molar-refractivity contribution in [2.24, 2.45) is 5.92 Å². The lowest BCUT2D eigenvalue weighted by molar-refractivity contribution is 0.101. The van der Waals surface area contributed by atoms with Crippen LogP contribution in [0.3, 0.4) is 0 Å². The maximum Gasteiger partial charge on any atom is 0.0700 e. The molecule has 0 bridgehead atoms. The molecule has 3 heteroatoms. The lowest BCUT2D eigenvalue weighted by Crippen LogP contribution is -2.33. The van der Waals surface area contributed by atoms with E-state index < -0.39 is 0 Å². The Morgan fingerprint density at radius 2 is 2.07 bits per heavy atom. The van der Waals surface area contributed by atoms with Crippen LogP contribution in [-0.2, 0) is 4.74 Å². The van der Waals surface area contributed by atoms with E-state index in [0.717, 1.165) is 26.1 Å². The molecule has 82 valence electrons. The molecule has 14 heavy (non-hydrogen) atoms. The van der Waals surface area contributed by atoms with Gasteiger partial charge in [-0.25, -0.2) is 0 Å². The highest BCUT2D eigenvalue weighted by atomic mass is 16.5. The van der Waals surface area contributed by atoms with Crippen LogP contribution in [0.1, 0.15) is 32.1 Å². The molecule has 0 aromatic rings. The molecular formula is C11H21NO2. The predicted molar refractivity (Wildman–Crippen MR) is 55.2 cm³/mol. The molecule has 1 saturated heterocycles. The van der Waals surface area contributed by atoms with Gasteiger partial charge in [-0.3, -0.25) is 0 Å². The maximum atomic E-state index is 9.61. The molecule has 1 heterocycles. The van der Waals surface area contributed by atoms with E-state index in [1.54, 1.807) is 0 Å². The monoisotopic (exact) mass is 199 g/mol. The van der Waals surface area contributed by atoms with Crippen molar-refractivity contribution in [2.75, 3.05) is 19.7 Å². The fraction of sp³-hybridized carbons (Fsp3) is 1.00. The van der Waals surface area contributed by atoms with Gasteiger partial charge >= 0.3 is 0 Å². The second-order valence-corrected chi connectivity index (χ2v) is 4.55. The summed E-state index contributed by atoms with van der Waals surface area (Å²) >= 11 is 0. The summed E-state index contributed by atoms with van der Waals surface area (Å²) in [5.41, 5.74) is 0. The average molecular weight is 199 g/mol. The van der Waals surface area contributed by atoms with E-state index >= 15 is 0 Å². The summed E-state index contributed by atoms with van der Waals surface area (Å²) in [6.07, 6.45) is 6.12. The molecule has 1 saturated carbocycles. The molecule has 0 aromatic carbocycles. The molecule has 0 amide bonds. The van der Waals surface area contributed by atoms with Gasteiger partial charge in [0.1, 0.15) is 0 Å². The summed E-state index contributed by atoms with van der Waals surface area (Å²) in [4.78, 5) is 0. The van der Waals surface area contributed by atoms with E-state index in [1.807, 2.05) is 0 Å². The Labute approximate surface area is 85.8 Å². The standard InChI is InChI=1S/C11H21NO2/c13-11-5-1-3-9(11)7-12-8-10-4-2-6-14-10/h9-13H,1-8H2. The number of aliphatic hydroxyl groups is 1. The summed E-state index contributed by atoms with van der Waals surface area (Å²) < 4.78 is 5.52. The van der Waals surface area contributed by atoms with Crippen LogP contribution in [0.2, 0.25) is 0 Å². The third-order valence-corrected chi connectivity index (χ3v) is 3.42. The normalized spacial score (nSPS) is 37.9. The minimum Gasteiger partial charge on any atom is -0.393 e. The predicted octanol–water partition coefficient (Wildman–Crippen LogP) is 0.916. The van der Waals surface area contributed by atoms with Crippen molar-refractivity contribution in [1.82, 2.24) is 5.32 Å². The van der Waals surface area contributed by atoms with Crippen molar-refractivity contribution in [3.8, 4) is 0 Å². The van der Waals surface area contributed by atoms with Crippen LogP contribution in [0.4, 0.5) is 0 Å². The second kappa shape index (κ2) is 5.10. The van der Waals surface area contributed by atoms with Crippen molar-refractivity contribution in [2.45, 2.75) is 44.3 Å². The molecule has 3 nitrogen and oxygen atoms in total. The molecule has 3 atom stereocenters. The molecule has 2 aliphatic rings. The van der Waals surface area contributed by atoms with Gasteiger partial charge in [0, 0.05) is 19.7 Å². The van der Waals surface area contributed by atoms with Gasteiger partial charge in [0.15, 0.2) is 0 Å². The Bertz CT molecular complexity index is 169. The SMILES string of the molecule is OC1CCCC1CNCC1CCCO1. The number of ether oxygens (including phenoxy) is 1. The zero-order valence-electron chi connectivity index (χ0n) is 8.74. The van der Waals surface area contributed by atoms with Gasteiger partial charge in [0.25, 0.3) is 0 Å². The Morgan fingerprint density at radius 3 is 2.71 bits per heavy atom. The number of hydrogen-bond donors (Lipinski definition) is 2. The molecule has 1 aliphatic heterocycles. The zero-order valence-corrected chi connectivity index (χ0v) is 8.74. The van der Waals surface area contributed by atoms with Crippen LogP contribution in [0.5, 0.6) is 0 Å². The maximum absolute atomic E-state index is 9.61. The largest absolute Gasteiger partial charge is 0.393 e. The first-order valence-corrected chi connectivity index (χ1v) is 5.86. The van der Waals surface area contributed by atoms with E-state index in [4.69, 9.17) is 4.74 Å². The Morgan fingerprint density at radius 1 is 1.14 bits per heavy atom. The summed E-state index contributed by atoms with van der Waals surface area (Å²) in [5, 5.41) is 13.0. The van der Waals surface area contributed by atoms with Crippen LogP contribution >= 0.6 is 0 Å². The molecular weight excluding hydrogens is 178 g/mol. The third kappa shape index (κ3) is 2.69. The van der Waals surface area contributed by atoms with E-state index in [-0.39, 0.29) is 6.10 Å². The zero-order chi connectivity index (χ0) is 9.80. The number of hydrogen-bond acceptors (Lipinski definition) is 3. The second-order valence-electron chi connectivity index (χ2n) is 4.55. The Balaban J connectivity index is 1.57. The topological polar surface area (TPSA) is 41.5 Å². The van der Waals surface area contributed by atoms with Crippen LogP contribution in [0, 0.1) is 5.92 Å². The summed E-state index contributed by atoms with van der Waals surface area (Å²) in [6.45, 7) is 2.85. The van der Waals surface area contributed by atoms with Crippen LogP contribution < -0.4 is 5.32 Å². The van der Waals surface area contributed by atoms with Gasteiger partial charge < -0.3 is 15.2 Å². The first-order chi connectivity index (χ1) is 6.86. The van der Waals surface area contributed by atoms with Gasteiger partial charge in [0.05, 0.1) is 12.2 Å². The van der Waals surface area contributed by atoms with E-state index in [0.29, 0.717) is 12.0 Å². The molecule has 3 unspecified atom stereocenters. The van der Waals surface area contributed by atoms with Crippen molar-refractivity contribution in [3.05, 3.63) is 0 Å². The Hall–Kier alpha value is -0.120. The first kappa shape index (κ1) is 10.4. The van der Waals surface area contributed by atoms with Crippen molar-refractivity contribution >= 4 is 0 Å². The highest BCUT2D eigenvalue weighted by Gasteiger charge is 2.25. The van der Waals surface area contributed by atoms with Crippen molar-refractivity contribution < 1.29 is 9.84 Å². The lowest BCUT2D eigenvalue weighted by atomic mass is 10.1. The minimum atomic E-state index is -0.0630. The smallest absolute Gasteiger partial charge is 0.0700 e. The van der Waals surface area contributed by atoms with Gasteiger partial charge in [0.2, 0.25) is 0 Å². The van der Waals surface area contributed by atoms with Gasteiger partial charge in [-0.05, 0) is 31.6 Å². The van der Waals surface area contributed by atoms with E-state index in [2.05, 4.69) is 5.32 Å². The van der Waals surface area contributed by atoms with E-state index in [9.17, 15) is 5.11 Å². The number of rotatable bonds is 4. The molecule has 2 rings (SSSR count). The van der Waals surface area contributed by atoms with Crippen LogP contribution in [0.25, 0.3) is 0 Å². The number of aliphatic hydroxyl groups excluding tert-OH is 1. The molecule has 2 fully saturated rings. The van der Waals surface area contributed by atoms with Gasteiger partial charge in [-0.1, -0.05) is 6.42 Å². The molecule has 0 aromatic heterocycles. The molecule has 0 radical (unpaired) electrons. The summed E-state index contributed by atoms with van der Waals surface area (Å²) in [5.74, 6) is 0.483. The van der Waals surface area contributed by atoms with Crippen LogP contribution in [0.15, 0.2) is 0 Å². The highest BCUT2D eigenvalue weighted by molar-refractivity contribution is 4.79. The van der Waals surface area contributed by atoms with E-state index in [1.165, 1.54) is 25.7 Å². The number of nitrogens with one attached hydrogen (secondary N) is 1. The average Bonchev–Trinajstić information content (AvgIpc) is 2.78. The summed E-state index contributed by atoms with van der Waals surface area (Å²) in [6, 6.07) is 0. The van der Waals surface area contributed by atoms with Crippen molar-refractivity contribution in [1.29, 1.82) is 0 Å². The molecule has 1 aliphatic carbocycles. The minimum absolute atomic E-state index is 0.0630. The highest BCUT2D eigenvalue weighted by Crippen LogP contribution is 2.24. The lowest BCUT2D eigenvalue weighted by Gasteiger charge is -2.16. The fourth-order valence-electron chi connectivity index (χ4n) is 2.49. The Kier molecular flexibility index (Phi) is 3.79. The quantitative estimate of drug-likeness (QED) is 0.707. The fourth-order valence-corrected chi connectivity index (χ4v) is 2.49. The molecule has 2 N–H and O–H groups in total. The van der Waals surface area contributed by atoms with Crippen LogP contribution in [-0.4, -0.2) is 37.0 Å². The summed E-state index contributed by atoms with van der Waals surface area (Å²) in [7, 11) is 0. The third-order valence-electron chi connectivity index (χ3n) is 3.42. The van der Waals surface area contributed by atoms with Gasteiger partial charge in [-0.15, -0.1) is 0 Å². The van der Waals surface area contributed by atoms with Gasteiger partial charge in [-0.2, -0.15) is 0 Å².